The molecular formula is C11H24N2O. The summed E-state index contributed by atoms with van der Waals surface area (Å²) in [4.78, 5) is 2.40. The first kappa shape index (κ1) is 12.0. The number of aliphatic hydroxyl groups excluding tert-OH is 1. The Balaban J connectivity index is 2.59. The maximum Gasteiger partial charge on any atom is 0.0448 e. The average Bonchev–Trinajstić information content (AvgIpc) is 2.13. The summed E-state index contributed by atoms with van der Waals surface area (Å²) >= 11 is 0. The summed E-state index contributed by atoms with van der Waals surface area (Å²) in [5, 5.41) is 12.7. The van der Waals surface area contributed by atoms with Gasteiger partial charge in [-0.3, -0.25) is 0 Å². The summed E-state index contributed by atoms with van der Waals surface area (Å²) in [6.07, 6.45) is 3.19. The average molecular weight is 200 g/mol. The minimum Gasteiger partial charge on any atom is -0.396 e. The van der Waals surface area contributed by atoms with Gasteiger partial charge in [0.1, 0.15) is 0 Å². The van der Waals surface area contributed by atoms with E-state index in [0.29, 0.717) is 12.6 Å². The van der Waals surface area contributed by atoms with Gasteiger partial charge in [-0.1, -0.05) is 6.92 Å². The molecule has 0 radical (unpaired) electrons. The topological polar surface area (TPSA) is 35.5 Å². The largest absolute Gasteiger partial charge is 0.396 e. The lowest BCUT2D eigenvalue weighted by Crippen LogP contribution is -2.56. The van der Waals surface area contributed by atoms with E-state index in [1.807, 2.05) is 0 Å². The lowest BCUT2D eigenvalue weighted by molar-refractivity contribution is 0.0865. The van der Waals surface area contributed by atoms with E-state index in [4.69, 9.17) is 5.11 Å². The number of likely N-dealkylation sites (tertiary alicyclic amines) is 1. The van der Waals surface area contributed by atoms with Crippen molar-refractivity contribution in [2.24, 2.45) is 0 Å². The van der Waals surface area contributed by atoms with Gasteiger partial charge in [0.15, 0.2) is 0 Å². The van der Waals surface area contributed by atoms with Gasteiger partial charge in [0.05, 0.1) is 0 Å². The van der Waals surface area contributed by atoms with E-state index in [-0.39, 0.29) is 5.54 Å². The van der Waals surface area contributed by atoms with Crippen molar-refractivity contribution in [2.75, 3.05) is 26.7 Å². The van der Waals surface area contributed by atoms with E-state index in [0.717, 1.165) is 32.4 Å². The number of hydrogen-bond acceptors (Lipinski definition) is 3. The highest BCUT2D eigenvalue weighted by Gasteiger charge is 2.35. The van der Waals surface area contributed by atoms with Crippen molar-refractivity contribution in [2.45, 2.75) is 44.7 Å². The molecule has 2 unspecified atom stereocenters. The van der Waals surface area contributed by atoms with Crippen LogP contribution >= 0.6 is 0 Å². The van der Waals surface area contributed by atoms with Gasteiger partial charge in [-0.25, -0.2) is 0 Å². The molecule has 1 heterocycles. The van der Waals surface area contributed by atoms with Crippen LogP contribution in [0, 0.1) is 0 Å². The van der Waals surface area contributed by atoms with Crippen LogP contribution in [0.3, 0.4) is 0 Å². The molecule has 0 bridgehead atoms. The van der Waals surface area contributed by atoms with Crippen LogP contribution in [0.15, 0.2) is 0 Å². The summed E-state index contributed by atoms with van der Waals surface area (Å²) in [5.41, 5.74) is 0.190. The molecule has 0 aromatic carbocycles. The third-order valence-corrected chi connectivity index (χ3v) is 3.52. The van der Waals surface area contributed by atoms with E-state index < -0.39 is 0 Å². The molecule has 3 nitrogen and oxygen atoms in total. The first-order valence-corrected chi connectivity index (χ1v) is 5.69. The molecule has 1 aliphatic rings. The van der Waals surface area contributed by atoms with Crippen molar-refractivity contribution < 1.29 is 5.11 Å². The van der Waals surface area contributed by atoms with Crippen LogP contribution in [0.5, 0.6) is 0 Å². The molecule has 14 heavy (non-hydrogen) atoms. The smallest absolute Gasteiger partial charge is 0.0448 e. The highest BCUT2D eigenvalue weighted by Crippen LogP contribution is 2.28. The van der Waals surface area contributed by atoms with Crippen LogP contribution < -0.4 is 5.32 Å². The van der Waals surface area contributed by atoms with Crippen LogP contribution in [-0.2, 0) is 0 Å². The third-order valence-electron chi connectivity index (χ3n) is 3.52. The number of hydrogen-bond donors (Lipinski definition) is 2. The Morgan fingerprint density at radius 2 is 2.29 bits per heavy atom. The van der Waals surface area contributed by atoms with E-state index in [1.165, 1.54) is 0 Å². The first-order chi connectivity index (χ1) is 6.63. The molecule has 2 N–H and O–H groups in total. The number of aliphatic hydroxyl groups is 1. The second kappa shape index (κ2) is 5.10. The maximum absolute atomic E-state index is 9.11. The zero-order chi connectivity index (χ0) is 10.6. The standard InChI is InChI=1S/C11H24N2O/c1-4-12-11(6-8-14)5-7-13(3)10(2)9-11/h10,12,14H,4-9H2,1-3H3. The number of nitrogens with zero attached hydrogens (tertiary/aromatic N) is 1. The van der Waals surface area contributed by atoms with Crippen molar-refractivity contribution in [3.05, 3.63) is 0 Å². The van der Waals surface area contributed by atoms with Gasteiger partial charge in [0.25, 0.3) is 0 Å². The molecule has 1 saturated heterocycles. The second-order valence-corrected chi connectivity index (χ2v) is 4.57. The van der Waals surface area contributed by atoms with Gasteiger partial charge in [0, 0.05) is 18.2 Å². The molecule has 1 fully saturated rings. The Morgan fingerprint density at radius 3 is 2.79 bits per heavy atom. The lowest BCUT2D eigenvalue weighted by atomic mass is 9.81. The Kier molecular flexibility index (Phi) is 4.35. The second-order valence-electron chi connectivity index (χ2n) is 4.57. The van der Waals surface area contributed by atoms with Crippen LogP contribution in [0.4, 0.5) is 0 Å². The van der Waals surface area contributed by atoms with Crippen molar-refractivity contribution >= 4 is 0 Å². The molecule has 84 valence electrons. The molecule has 1 aliphatic heterocycles. The Bertz CT molecular complexity index is 167. The van der Waals surface area contributed by atoms with Crippen LogP contribution in [-0.4, -0.2) is 48.3 Å². The molecule has 0 saturated carbocycles. The van der Waals surface area contributed by atoms with Gasteiger partial charge in [-0.2, -0.15) is 0 Å². The summed E-state index contributed by atoms with van der Waals surface area (Å²) in [6.45, 7) is 6.83. The molecule has 0 aliphatic carbocycles. The van der Waals surface area contributed by atoms with Gasteiger partial charge < -0.3 is 15.3 Å². The first-order valence-electron chi connectivity index (χ1n) is 5.69. The third kappa shape index (κ3) is 2.69. The lowest BCUT2D eigenvalue weighted by Gasteiger charge is -2.45. The molecule has 0 aromatic heterocycles. The van der Waals surface area contributed by atoms with E-state index in [2.05, 4.69) is 31.1 Å². The predicted octanol–water partition coefficient (Wildman–Crippen LogP) is 0.831. The van der Waals surface area contributed by atoms with Gasteiger partial charge in [-0.05, 0) is 46.3 Å². The molecule has 0 spiro atoms. The number of rotatable bonds is 4. The summed E-state index contributed by atoms with van der Waals surface area (Å²) < 4.78 is 0. The Labute approximate surface area is 87.5 Å². The van der Waals surface area contributed by atoms with Crippen LogP contribution in [0.25, 0.3) is 0 Å². The fourth-order valence-electron chi connectivity index (χ4n) is 2.50. The minimum absolute atomic E-state index is 0.190. The van der Waals surface area contributed by atoms with Gasteiger partial charge >= 0.3 is 0 Å². The van der Waals surface area contributed by atoms with Crippen LogP contribution in [0.2, 0.25) is 0 Å². The molecular weight excluding hydrogens is 176 g/mol. The monoisotopic (exact) mass is 200 g/mol. The van der Waals surface area contributed by atoms with E-state index in [9.17, 15) is 0 Å². The van der Waals surface area contributed by atoms with Crippen molar-refractivity contribution in [1.82, 2.24) is 10.2 Å². The van der Waals surface area contributed by atoms with Crippen molar-refractivity contribution in [3.63, 3.8) is 0 Å². The number of piperidine rings is 1. The minimum atomic E-state index is 0.190. The van der Waals surface area contributed by atoms with Crippen molar-refractivity contribution in [3.8, 4) is 0 Å². The zero-order valence-corrected chi connectivity index (χ0v) is 9.71. The molecule has 2 atom stereocenters. The molecule has 0 aromatic rings. The van der Waals surface area contributed by atoms with Gasteiger partial charge in [-0.15, -0.1) is 0 Å². The maximum atomic E-state index is 9.11. The van der Waals surface area contributed by atoms with E-state index in [1.54, 1.807) is 0 Å². The summed E-state index contributed by atoms with van der Waals surface area (Å²) in [5.74, 6) is 0. The molecule has 3 heteroatoms. The van der Waals surface area contributed by atoms with Crippen LogP contribution in [0.1, 0.15) is 33.1 Å². The summed E-state index contributed by atoms with van der Waals surface area (Å²) in [6, 6.07) is 0.620. The fourth-order valence-corrected chi connectivity index (χ4v) is 2.50. The molecule has 0 amide bonds. The SMILES string of the molecule is CCNC1(CCO)CCN(C)C(C)C1. The highest BCUT2D eigenvalue weighted by atomic mass is 16.3. The fraction of sp³-hybridized carbons (Fsp3) is 1.00. The quantitative estimate of drug-likeness (QED) is 0.705. The summed E-state index contributed by atoms with van der Waals surface area (Å²) in [7, 11) is 2.18. The highest BCUT2D eigenvalue weighted by molar-refractivity contribution is 4.95. The predicted molar refractivity (Wildman–Crippen MR) is 59.4 cm³/mol. The van der Waals surface area contributed by atoms with Crippen molar-refractivity contribution in [1.29, 1.82) is 0 Å². The Hall–Kier alpha value is -0.120. The number of nitrogens with one attached hydrogen (secondary N) is 1. The normalized spacial score (nSPS) is 34.7. The van der Waals surface area contributed by atoms with Gasteiger partial charge in [0.2, 0.25) is 0 Å². The Morgan fingerprint density at radius 1 is 1.57 bits per heavy atom. The van der Waals surface area contributed by atoms with E-state index >= 15 is 0 Å². The zero-order valence-electron chi connectivity index (χ0n) is 9.71. The molecule has 1 rings (SSSR count).